The van der Waals surface area contributed by atoms with E-state index in [4.69, 9.17) is 10.5 Å². The van der Waals surface area contributed by atoms with Gasteiger partial charge in [0.25, 0.3) is 0 Å². The average Bonchev–Trinajstić information content (AvgIpc) is 3.11. The van der Waals surface area contributed by atoms with E-state index in [2.05, 4.69) is 10.3 Å². The van der Waals surface area contributed by atoms with Crippen LogP contribution in [-0.4, -0.2) is 17.9 Å². The number of methoxy groups -OCH3 is 1. The van der Waals surface area contributed by atoms with Crippen LogP contribution in [0.2, 0.25) is 0 Å². The molecule has 1 atom stereocenters. The predicted octanol–water partition coefficient (Wildman–Crippen LogP) is 4.34. The maximum atomic E-state index is 11.3. The number of hydrogen-bond acceptors (Lipinski definition) is 6. The Bertz CT molecular complexity index is 873. The van der Waals surface area contributed by atoms with Crippen LogP contribution in [0.5, 0.6) is 5.75 Å². The number of nitrogens with two attached hydrogens (primary N) is 1. The highest BCUT2D eigenvalue weighted by Gasteiger charge is 2.12. The van der Waals surface area contributed by atoms with Gasteiger partial charge in [-0.15, -0.1) is 11.3 Å². The Morgan fingerprint density at radius 3 is 2.50 bits per heavy atom. The van der Waals surface area contributed by atoms with E-state index in [9.17, 15) is 4.79 Å². The molecule has 3 aromatic rings. The zero-order valence-corrected chi connectivity index (χ0v) is 15.5. The van der Waals surface area contributed by atoms with Crippen LogP contribution in [-0.2, 0) is 6.42 Å². The third-order valence-electron chi connectivity index (χ3n) is 4.06. The summed E-state index contributed by atoms with van der Waals surface area (Å²) in [5.41, 5.74) is 9.88. The molecule has 5 nitrogen and oxygen atoms in total. The minimum atomic E-state index is -0.171. The van der Waals surface area contributed by atoms with Crippen molar-refractivity contribution in [2.45, 2.75) is 19.4 Å². The van der Waals surface area contributed by atoms with E-state index in [0.717, 1.165) is 27.8 Å². The van der Waals surface area contributed by atoms with Gasteiger partial charge in [-0.2, -0.15) is 0 Å². The number of rotatable bonds is 7. The smallest absolute Gasteiger partial charge is 0.187 e. The zero-order chi connectivity index (χ0) is 18.5. The molecule has 0 bridgehead atoms. The fourth-order valence-electron chi connectivity index (χ4n) is 2.55. The number of nitrogens with one attached hydrogen (secondary N) is 1. The van der Waals surface area contributed by atoms with Crippen LogP contribution >= 0.6 is 11.3 Å². The second kappa shape index (κ2) is 8.12. The number of aromatic nitrogens is 1. The molecule has 0 fully saturated rings. The Labute approximate surface area is 156 Å². The van der Waals surface area contributed by atoms with E-state index in [1.807, 2.05) is 41.8 Å². The van der Waals surface area contributed by atoms with E-state index in [0.29, 0.717) is 12.0 Å². The summed E-state index contributed by atoms with van der Waals surface area (Å²) in [6.45, 7) is 1.56. The minimum Gasteiger partial charge on any atom is -0.497 e. The summed E-state index contributed by atoms with van der Waals surface area (Å²) in [7, 11) is 1.65. The Kier molecular flexibility index (Phi) is 5.65. The first-order chi connectivity index (χ1) is 12.5. The predicted molar refractivity (Wildman–Crippen MR) is 105 cm³/mol. The molecule has 134 valence electrons. The number of ether oxygens (including phenoxy) is 1. The van der Waals surface area contributed by atoms with Crippen molar-refractivity contribution in [3.8, 4) is 5.75 Å². The van der Waals surface area contributed by atoms with E-state index in [-0.39, 0.29) is 11.8 Å². The molecule has 26 heavy (non-hydrogen) atoms. The van der Waals surface area contributed by atoms with Gasteiger partial charge in [0.15, 0.2) is 10.9 Å². The van der Waals surface area contributed by atoms with Gasteiger partial charge in [0.2, 0.25) is 0 Å². The van der Waals surface area contributed by atoms with Crippen LogP contribution in [0, 0.1) is 0 Å². The number of anilines is 2. The summed E-state index contributed by atoms with van der Waals surface area (Å²) in [6.07, 6.45) is 0.709. The molecule has 0 saturated heterocycles. The van der Waals surface area contributed by atoms with Gasteiger partial charge in [0.05, 0.1) is 18.8 Å². The highest BCUT2D eigenvalue weighted by molar-refractivity contribution is 7.13. The van der Waals surface area contributed by atoms with Gasteiger partial charge in [-0.3, -0.25) is 4.79 Å². The monoisotopic (exact) mass is 367 g/mol. The molecule has 1 unspecified atom stereocenters. The highest BCUT2D eigenvalue weighted by atomic mass is 32.1. The van der Waals surface area contributed by atoms with E-state index >= 15 is 0 Å². The molecule has 0 radical (unpaired) electrons. The van der Waals surface area contributed by atoms with Crippen molar-refractivity contribution in [1.82, 2.24) is 4.98 Å². The number of carbonyl (C=O) groups is 1. The lowest BCUT2D eigenvalue weighted by molar-refractivity contribution is 0.101. The third kappa shape index (κ3) is 4.47. The fourth-order valence-corrected chi connectivity index (χ4v) is 3.34. The van der Waals surface area contributed by atoms with Crippen molar-refractivity contribution in [1.29, 1.82) is 0 Å². The molecule has 0 amide bonds. The first-order valence-corrected chi connectivity index (χ1v) is 9.15. The summed E-state index contributed by atoms with van der Waals surface area (Å²) in [5.74, 6) is 0.885. The molecular weight excluding hydrogens is 346 g/mol. The average molecular weight is 367 g/mol. The van der Waals surface area contributed by atoms with Crippen molar-refractivity contribution in [3.63, 3.8) is 0 Å². The van der Waals surface area contributed by atoms with Crippen LogP contribution in [0.3, 0.4) is 0 Å². The first kappa shape index (κ1) is 18.1. The van der Waals surface area contributed by atoms with Gasteiger partial charge < -0.3 is 15.8 Å². The van der Waals surface area contributed by atoms with Crippen molar-refractivity contribution in [2.24, 2.45) is 5.73 Å². The van der Waals surface area contributed by atoms with Gasteiger partial charge in [-0.25, -0.2) is 4.98 Å². The minimum absolute atomic E-state index is 0.0533. The van der Waals surface area contributed by atoms with Crippen LogP contribution in [0.25, 0.3) is 0 Å². The number of carbonyl (C=O) groups excluding carboxylic acids is 1. The molecule has 3 N–H and O–H groups in total. The Hall–Kier alpha value is -2.70. The van der Waals surface area contributed by atoms with Gasteiger partial charge in [0.1, 0.15) is 5.75 Å². The Morgan fingerprint density at radius 2 is 1.88 bits per heavy atom. The Balaban J connectivity index is 1.63. The first-order valence-electron chi connectivity index (χ1n) is 8.27. The van der Waals surface area contributed by atoms with E-state index in [1.165, 1.54) is 11.3 Å². The molecule has 1 heterocycles. The highest BCUT2D eigenvalue weighted by Crippen LogP contribution is 2.25. The molecule has 0 aliphatic carbocycles. The summed E-state index contributed by atoms with van der Waals surface area (Å²) < 4.78 is 5.17. The normalized spacial score (nSPS) is 11.8. The van der Waals surface area contributed by atoms with Crippen LogP contribution in [0.15, 0.2) is 53.9 Å². The quantitative estimate of drug-likeness (QED) is 0.608. The summed E-state index contributed by atoms with van der Waals surface area (Å²) in [5, 5.41) is 6.00. The molecule has 0 spiro atoms. The van der Waals surface area contributed by atoms with Crippen molar-refractivity contribution >= 4 is 27.9 Å². The standard InChI is InChI=1S/C20H21N3O2S/c1-13(24)15-5-7-16(8-6-15)22-20-23-19(12-26-20)18(21)11-14-3-9-17(25-2)10-4-14/h3-10,12,18H,11,21H2,1-2H3,(H,22,23). The molecule has 0 saturated carbocycles. The number of benzene rings is 2. The van der Waals surface area contributed by atoms with Crippen molar-refractivity contribution < 1.29 is 9.53 Å². The summed E-state index contributed by atoms with van der Waals surface area (Å²) in [6, 6.07) is 15.1. The maximum Gasteiger partial charge on any atom is 0.187 e. The van der Waals surface area contributed by atoms with Gasteiger partial charge in [-0.05, 0) is 55.3 Å². The number of hydrogen-bond donors (Lipinski definition) is 2. The van der Waals surface area contributed by atoms with Crippen molar-refractivity contribution in [2.75, 3.05) is 12.4 Å². The van der Waals surface area contributed by atoms with Crippen LogP contribution < -0.4 is 15.8 Å². The molecule has 1 aromatic heterocycles. The molecule has 0 aliphatic heterocycles. The van der Waals surface area contributed by atoms with E-state index < -0.39 is 0 Å². The SMILES string of the molecule is COc1ccc(CC(N)c2csc(Nc3ccc(C(C)=O)cc3)n2)cc1. The molecule has 6 heteroatoms. The van der Waals surface area contributed by atoms with Gasteiger partial charge in [0, 0.05) is 16.6 Å². The van der Waals surface area contributed by atoms with Gasteiger partial charge >= 0.3 is 0 Å². The number of thiazole rings is 1. The lowest BCUT2D eigenvalue weighted by atomic mass is 10.0. The number of Topliss-reactive ketones (excluding diaryl/α,β-unsaturated/α-hetero) is 1. The van der Waals surface area contributed by atoms with E-state index in [1.54, 1.807) is 26.2 Å². The second-order valence-electron chi connectivity index (χ2n) is 5.99. The third-order valence-corrected chi connectivity index (χ3v) is 4.84. The fraction of sp³-hybridized carbons (Fsp3) is 0.200. The molecular formula is C20H21N3O2S. The molecule has 0 aliphatic rings. The largest absolute Gasteiger partial charge is 0.497 e. The second-order valence-corrected chi connectivity index (χ2v) is 6.85. The topological polar surface area (TPSA) is 77.2 Å². The number of nitrogens with zero attached hydrogens (tertiary/aromatic N) is 1. The Morgan fingerprint density at radius 1 is 1.19 bits per heavy atom. The number of ketones is 1. The van der Waals surface area contributed by atoms with Crippen LogP contribution in [0.4, 0.5) is 10.8 Å². The van der Waals surface area contributed by atoms with Crippen molar-refractivity contribution in [3.05, 3.63) is 70.7 Å². The lowest BCUT2D eigenvalue weighted by Crippen LogP contribution is -2.13. The molecule has 3 rings (SSSR count). The summed E-state index contributed by atoms with van der Waals surface area (Å²) >= 11 is 1.51. The lowest BCUT2D eigenvalue weighted by Gasteiger charge is -2.09. The summed E-state index contributed by atoms with van der Waals surface area (Å²) in [4.78, 5) is 15.9. The molecule has 2 aromatic carbocycles. The van der Waals surface area contributed by atoms with Crippen LogP contribution in [0.1, 0.15) is 34.6 Å². The van der Waals surface area contributed by atoms with Gasteiger partial charge in [-0.1, -0.05) is 12.1 Å². The maximum absolute atomic E-state index is 11.3. The zero-order valence-electron chi connectivity index (χ0n) is 14.7.